The summed E-state index contributed by atoms with van der Waals surface area (Å²) in [5.74, 6) is -0.215. The maximum absolute atomic E-state index is 13.5. The van der Waals surface area contributed by atoms with Gasteiger partial charge in [-0.2, -0.15) is 0 Å². The molecule has 5 heteroatoms. The Morgan fingerprint density at radius 1 is 1.45 bits per heavy atom. The first kappa shape index (κ1) is 14.8. The van der Waals surface area contributed by atoms with Crippen molar-refractivity contribution >= 4 is 6.03 Å². The number of carbonyl (C=O) groups is 1. The van der Waals surface area contributed by atoms with Crippen molar-refractivity contribution in [1.29, 1.82) is 0 Å². The van der Waals surface area contributed by atoms with Crippen molar-refractivity contribution in [1.82, 2.24) is 10.2 Å². The van der Waals surface area contributed by atoms with Crippen molar-refractivity contribution in [3.63, 3.8) is 0 Å². The van der Waals surface area contributed by atoms with E-state index in [1.807, 2.05) is 20.2 Å². The minimum Gasteiger partial charge on any atom is -0.352 e. The van der Waals surface area contributed by atoms with E-state index in [2.05, 4.69) is 17.1 Å². The van der Waals surface area contributed by atoms with E-state index in [0.717, 1.165) is 18.4 Å². The molecule has 2 amide bonds. The van der Waals surface area contributed by atoms with Gasteiger partial charge in [0, 0.05) is 12.1 Å². The quantitative estimate of drug-likeness (QED) is 0.886. The van der Waals surface area contributed by atoms with Crippen LogP contribution >= 0.6 is 0 Å². The summed E-state index contributed by atoms with van der Waals surface area (Å²) < 4.78 is 13.5. The summed E-state index contributed by atoms with van der Waals surface area (Å²) in [4.78, 5) is 13.0. The van der Waals surface area contributed by atoms with Crippen molar-refractivity contribution in [3.05, 3.63) is 35.6 Å². The van der Waals surface area contributed by atoms with Crippen LogP contribution in [0.15, 0.2) is 24.3 Å². The van der Waals surface area contributed by atoms with Gasteiger partial charge in [-0.05, 0) is 50.0 Å². The van der Waals surface area contributed by atoms with Gasteiger partial charge in [0.2, 0.25) is 0 Å². The summed E-state index contributed by atoms with van der Waals surface area (Å²) >= 11 is 0. The minimum absolute atomic E-state index is 0.00832. The smallest absolute Gasteiger partial charge is 0.312 e. The van der Waals surface area contributed by atoms with E-state index in [9.17, 15) is 9.18 Å². The lowest BCUT2D eigenvalue weighted by Crippen LogP contribution is -2.59. The predicted molar refractivity (Wildman–Crippen MR) is 76.7 cm³/mol. The molecule has 1 aromatic rings. The normalized spacial score (nSPS) is 29.1. The molecule has 1 aliphatic rings. The second-order valence-electron chi connectivity index (χ2n) is 6.32. The summed E-state index contributed by atoms with van der Waals surface area (Å²) in [6, 6.07) is 6.26. The molecule has 0 radical (unpaired) electrons. The molecule has 0 spiro atoms. The fourth-order valence-electron chi connectivity index (χ4n) is 3.34. The molecule has 0 aromatic heterocycles. The standard InChI is InChI=1S/C15H22FN3O/c1-14(10-18-13(17)20)8-15(9-14,19(2)3)11-5-4-6-12(16)7-11/h4-7H,8-10H2,1-3H3,(H3,17,18,20). The van der Waals surface area contributed by atoms with Crippen molar-refractivity contribution < 1.29 is 9.18 Å². The van der Waals surface area contributed by atoms with Crippen LogP contribution in [-0.4, -0.2) is 31.6 Å². The number of hydrogen-bond donors (Lipinski definition) is 2. The van der Waals surface area contributed by atoms with Crippen LogP contribution in [0.25, 0.3) is 0 Å². The zero-order valence-electron chi connectivity index (χ0n) is 12.2. The number of nitrogens with zero attached hydrogens (tertiary/aromatic N) is 1. The molecule has 1 saturated carbocycles. The van der Waals surface area contributed by atoms with E-state index < -0.39 is 6.03 Å². The Morgan fingerprint density at radius 3 is 2.60 bits per heavy atom. The van der Waals surface area contributed by atoms with Crippen molar-refractivity contribution in [2.75, 3.05) is 20.6 Å². The lowest BCUT2D eigenvalue weighted by atomic mass is 9.55. The van der Waals surface area contributed by atoms with Crippen LogP contribution in [-0.2, 0) is 5.54 Å². The van der Waals surface area contributed by atoms with Crippen molar-refractivity contribution in [3.8, 4) is 0 Å². The molecule has 0 bridgehead atoms. The molecule has 0 aliphatic heterocycles. The number of benzene rings is 1. The van der Waals surface area contributed by atoms with Gasteiger partial charge in [-0.25, -0.2) is 9.18 Å². The molecular formula is C15H22FN3O. The van der Waals surface area contributed by atoms with E-state index in [-0.39, 0.29) is 16.8 Å². The highest BCUT2D eigenvalue weighted by Gasteiger charge is 2.54. The Hall–Kier alpha value is -1.62. The highest BCUT2D eigenvalue weighted by atomic mass is 19.1. The summed E-state index contributed by atoms with van der Waals surface area (Å²) in [5, 5.41) is 2.67. The van der Waals surface area contributed by atoms with Gasteiger partial charge in [-0.3, -0.25) is 4.90 Å². The zero-order chi connectivity index (χ0) is 15.0. The van der Waals surface area contributed by atoms with Gasteiger partial charge in [-0.15, -0.1) is 0 Å². The average Bonchev–Trinajstić information content (AvgIpc) is 2.32. The van der Waals surface area contributed by atoms with Crippen LogP contribution in [0.2, 0.25) is 0 Å². The van der Waals surface area contributed by atoms with Crippen LogP contribution < -0.4 is 11.1 Å². The first-order chi connectivity index (χ1) is 9.27. The summed E-state index contributed by atoms with van der Waals surface area (Å²) in [7, 11) is 4.01. The third kappa shape index (κ3) is 2.63. The largest absolute Gasteiger partial charge is 0.352 e. The molecule has 1 fully saturated rings. The van der Waals surface area contributed by atoms with E-state index in [0.29, 0.717) is 6.54 Å². The number of rotatable bonds is 4. The predicted octanol–water partition coefficient (Wildman–Crippen LogP) is 2.05. The molecular weight excluding hydrogens is 257 g/mol. The van der Waals surface area contributed by atoms with E-state index in [1.54, 1.807) is 12.1 Å². The van der Waals surface area contributed by atoms with Crippen molar-refractivity contribution in [2.24, 2.45) is 11.1 Å². The van der Waals surface area contributed by atoms with Gasteiger partial charge >= 0.3 is 6.03 Å². The van der Waals surface area contributed by atoms with Gasteiger partial charge in [0.25, 0.3) is 0 Å². The third-order valence-electron chi connectivity index (χ3n) is 4.35. The number of primary amides is 1. The van der Waals surface area contributed by atoms with Crippen LogP contribution in [0.4, 0.5) is 9.18 Å². The summed E-state index contributed by atoms with van der Waals surface area (Å²) in [6.45, 7) is 2.66. The Balaban J connectivity index is 2.18. The SMILES string of the molecule is CN(C)C1(c2cccc(F)c2)CC(C)(CNC(N)=O)C1. The van der Waals surface area contributed by atoms with Gasteiger partial charge in [-0.1, -0.05) is 19.1 Å². The molecule has 1 aromatic carbocycles. The van der Waals surface area contributed by atoms with Crippen LogP contribution in [0.5, 0.6) is 0 Å². The van der Waals surface area contributed by atoms with E-state index in [4.69, 9.17) is 5.73 Å². The van der Waals surface area contributed by atoms with Crippen LogP contribution in [0.3, 0.4) is 0 Å². The number of urea groups is 1. The monoisotopic (exact) mass is 279 g/mol. The van der Waals surface area contributed by atoms with Gasteiger partial charge in [0.1, 0.15) is 5.82 Å². The maximum atomic E-state index is 13.5. The second-order valence-corrected chi connectivity index (χ2v) is 6.32. The lowest BCUT2D eigenvalue weighted by Gasteiger charge is -2.58. The van der Waals surface area contributed by atoms with Gasteiger partial charge < -0.3 is 11.1 Å². The van der Waals surface area contributed by atoms with E-state index in [1.165, 1.54) is 6.07 Å². The van der Waals surface area contributed by atoms with Gasteiger partial charge in [0.05, 0.1) is 0 Å². The number of nitrogens with one attached hydrogen (secondary N) is 1. The maximum Gasteiger partial charge on any atom is 0.312 e. The first-order valence-electron chi connectivity index (χ1n) is 6.74. The molecule has 3 N–H and O–H groups in total. The Morgan fingerprint density at radius 2 is 2.10 bits per heavy atom. The van der Waals surface area contributed by atoms with E-state index >= 15 is 0 Å². The molecule has 2 rings (SSSR count). The molecule has 0 atom stereocenters. The molecule has 1 aliphatic carbocycles. The molecule has 0 saturated heterocycles. The molecule has 0 heterocycles. The van der Waals surface area contributed by atoms with Crippen molar-refractivity contribution in [2.45, 2.75) is 25.3 Å². The first-order valence-corrected chi connectivity index (χ1v) is 6.74. The Labute approximate surface area is 119 Å². The fourth-order valence-corrected chi connectivity index (χ4v) is 3.34. The average molecular weight is 279 g/mol. The molecule has 4 nitrogen and oxygen atoms in total. The Bertz CT molecular complexity index is 510. The highest BCUT2D eigenvalue weighted by Crippen LogP contribution is 2.56. The lowest BCUT2D eigenvalue weighted by molar-refractivity contribution is -0.0561. The topological polar surface area (TPSA) is 58.4 Å². The number of hydrogen-bond acceptors (Lipinski definition) is 2. The van der Waals surface area contributed by atoms with Crippen LogP contribution in [0, 0.1) is 11.2 Å². The molecule has 110 valence electrons. The van der Waals surface area contributed by atoms with Crippen LogP contribution in [0.1, 0.15) is 25.3 Å². The summed E-state index contributed by atoms with van der Waals surface area (Å²) in [5.41, 5.74) is 5.93. The highest BCUT2D eigenvalue weighted by molar-refractivity contribution is 5.71. The van der Waals surface area contributed by atoms with Gasteiger partial charge in [0.15, 0.2) is 0 Å². The minimum atomic E-state index is -0.501. The fraction of sp³-hybridized carbons (Fsp3) is 0.533. The number of amides is 2. The molecule has 0 unspecified atom stereocenters. The third-order valence-corrected chi connectivity index (χ3v) is 4.35. The Kier molecular flexibility index (Phi) is 3.73. The summed E-state index contributed by atoms with van der Waals surface area (Å²) in [6.07, 6.45) is 1.72. The zero-order valence-corrected chi connectivity index (χ0v) is 12.2. The second kappa shape index (κ2) is 5.05. The number of nitrogens with two attached hydrogens (primary N) is 1. The molecule has 20 heavy (non-hydrogen) atoms. The number of carbonyl (C=O) groups excluding carboxylic acids is 1. The number of halogens is 1.